The van der Waals surface area contributed by atoms with E-state index >= 15 is 0 Å². The van der Waals surface area contributed by atoms with Gasteiger partial charge in [-0.1, -0.05) is 23.5 Å². The van der Waals surface area contributed by atoms with Gasteiger partial charge in [-0.15, -0.1) is 10.2 Å². The number of benzene rings is 1. The third-order valence-electron chi connectivity index (χ3n) is 3.37. The largest absolute Gasteiger partial charge is 0.416 e. The topological polar surface area (TPSA) is 78.4 Å². The Labute approximate surface area is 150 Å². The Balaban J connectivity index is 1.97. The molecule has 11 heteroatoms. The number of alkyl halides is 3. The molecule has 0 bridgehead atoms. The summed E-state index contributed by atoms with van der Waals surface area (Å²) in [4.78, 5) is 12.9. The summed E-state index contributed by atoms with van der Waals surface area (Å²) in [6, 6.07) is 5.09. The fourth-order valence-corrected chi connectivity index (χ4v) is 2.80. The number of aromatic nitrogens is 2. The Bertz CT molecular complexity index is 753. The molecule has 0 saturated carbocycles. The van der Waals surface area contributed by atoms with Gasteiger partial charge in [0.1, 0.15) is 10.8 Å². The Hall–Kier alpha value is -2.27. The first-order valence-electron chi connectivity index (χ1n) is 7.56. The second-order valence-corrected chi connectivity index (χ2v) is 6.40. The van der Waals surface area contributed by atoms with Crippen molar-refractivity contribution in [1.29, 1.82) is 0 Å². The number of aliphatic hydroxyl groups excluding tert-OH is 1. The third-order valence-corrected chi connectivity index (χ3v) is 4.20. The lowest BCUT2D eigenvalue weighted by atomic mass is 10.1. The molecule has 1 aromatic heterocycles. The summed E-state index contributed by atoms with van der Waals surface area (Å²) in [6.45, 7) is 0.562. The second-order valence-electron chi connectivity index (χ2n) is 5.33. The molecule has 0 unspecified atom stereocenters. The number of hydrogen-bond donors (Lipinski definition) is 2. The van der Waals surface area contributed by atoms with E-state index in [-0.39, 0.29) is 17.5 Å². The van der Waals surface area contributed by atoms with Gasteiger partial charge in [-0.2, -0.15) is 13.2 Å². The molecule has 26 heavy (non-hydrogen) atoms. The average molecular weight is 392 g/mol. The van der Waals surface area contributed by atoms with E-state index in [0.717, 1.165) is 16.2 Å². The molecular weight excluding hydrogens is 376 g/mol. The first-order chi connectivity index (χ1) is 12.2. The van der Waals surface area contributed by atoms with Crippen molar-refractivity contribution in [2.75, 3.05) is 18.4 Å². The van der Waals surface area contributed by atoms with Gasteiger partial charge in [0, 0.05) is 13.0 Å². The number of likely N-dealkylation sites (N-methyl/N-ethyl adjacent to an activating group) is 1. The number of aliphatic hydroxyl groups is 1. The van der Waals surface area contributed by atoms with Crippen molar-refractivity contribution in [2.45, 2.75) is 25.6 Å². The van der Waals surface area contributed by atoms with Crippen LogP contribution >= 0.6 is 11.3 Å². The van der Waals surface area contributed by atoms with Gasteiger partial charge in [0.15, 0.2) is 6.10 Å². The van der Waals surface area contributed by atoms with Crippen LogP contribution in [-0.4, -0.2) is 51.6 Å². The molecule has 2 amide bonds. The highest BCUT2D eigenvalue weighted by atomic mass is 32.1. The van der Waals surface area contributed by atoms with Gasteiger partial charge < -0.3 is 10.0 Å². The fraction of sp³-hybridized carbons (Fsp3) is 0.400. The summed E-state index contributed by atoms with van der Waals surface area (Å²) in [5.74, 6) is -0.387. The maximum atomic E-state index is 13.2. The summed E-state index contributed by atoms with van der Waals surface area (Å²) in [5.41, 5.74) is 0.669. The molecule has 6 nitrogen and oxygen atoms in total. The fourth-order valence-electron chi connectivity index (χ4n) is 2.04. The maximum absolute atomic E-state index is 13.2. The molecule has 2 rings (SSSR count). The highest BCUT2D eigenvalue weighted by Gasteiger charge is 2.39. The van der Waals surface area contributed by atoms with Crippen molar-refractivity contribution in [3.05, 3.63) is 40.7 Å². The van der Waals surface area contributed by atoms with E-state index in [1.807, 2.05) is 0 Å². The first-order valence-corrected chi connectivity index (χ1v) is 8.38. The molecule has 0 aliphatic heterocycles. The number of amides is 2. The number of halogens is 4. The maximum Gasteiger partial charge on any atom is 0.416 e. The molecule has 0 aliphatic rings. The van der Waals surface area contributed by atoms with E-state index in [1.54, 1.807) is 12.1 Å². The number of hydrogen-bond acceptors (Lipinski definition) is 5. The van der Waals surface area contributed by atoms with Crippen LogP contribution in [0.15, 0.2) is 24.3 Å². The van der Waals surface area contributed by atoms with Crippen LogP contribution in [0.3, 0.4) is 0 Å². The van der Waals surface area contributed by atoms with Gasteiger partial charge in [0.2, 0.25) is 5.13 Å². The molecule has 1 atom stereocenters. The molecule has 0 aliphatic carbocycles. The van der Waals surface area contributed by atoms with Crippen LogP contribution in [0.25, 0.3) is 0 Å². The molecule has 2 N–H and O–H groups in total. The lowest BCUT2D eigenvalue weighted by Gasteiger charge is -2.24. The molecule has 142 valence electrons. The minimum atomic E-state index is -4.81. The van der Waals surface area contributed by atoms with E-state index in [1.165, 1.54) is 19.1 Å². The lowest BCUT2D eigenvalue weighted by molar-refractivity contribution is -0.206. The first kappa shape index (κ1) is 20.0. The quantitative estimate of drug-likeness (QED) is 0.741. The molecule has 0 radical (unpaired) electrons. The number of carbonyl (C=O) groups excluding carboxylic acids is 1. The number of nitrogens with one attached hydrogen (secondary N) is 1. The highest BCUT2D eigenvalue weighted by Crippen LogP contribution is 2.22. The van der Waals surface area contributed by atoms with Gasteiger partial charge in [-0.05, 0) is 24.6 Å². The third kappa shape index (κ3) is 5.63. The summed E-state index contributed by atoms with van der Waals surface area (Å²) in [6.07, 6.45) is -7.14. The second kappa shape index (κ2) is 8.41. The van der Waals surface area contributed by atoms with Crippen LogP contribution < -0.4 is 5.32 Å². The van der Waals surface area contributed by atoms with E-state index in [2.05, 4.69) is 15.5 Å². The van der Waals surface area contributed by atoms with E-state index in [0.29, 0.717) is 17.0 Å². The summed E-state index contributed by atoms with van der Waals surface area (Å²) >= 11 is 1.03. The van der Waals surface area contributed by atoms with Gasteiger partial charge in [0.05, 0.1) is 6.54 Å². The number of urea groups is 1. The Morgan fingerprint density at radius 1 is 1.38 bits per heavy atom. The molecule has 1 aromatic carbocycles. The van der Waals surface area contributed by atoms with Crippen LogP contribution in [-0.2, 0) is 6.42 Å². The van der Waals surface area contributed by atoms with Crippen molar-refractivity contribution < 1.29 is 27.5 Å². The lowest BCUT2D eigenvalue weighted by Crippen LogP contribution is -2.45. The number of nitrogens with zero attached hydrogens (tertiary/aromatic N) is 3. The van der Waals surface area contributed by atoms with E-state index in [9.17, 15) is 22.4 Å². The van der Waals surface area contributed by atoms with Crippen LogP contribution in [0.1, 0.15) is 17.5 Å². The zero-order chi connectivity index (χ0) is 19.3. The van der Waals surface area contributed by atoms with Gasteiger partial charge in [-0.25, -0.2) is 9.18 Å². The van der Waals surface area contributed by atoms with E-state index < -0.39 is 24.9 Å². The normalized spacial score (nSPS) is 12.7. The smallest absolute Gasteiger partial charge is 0.382 e. The van der Waals surface area contributed by atoms with Crippen LogP contribution in [0.5, 0.6) is 0 Å². The standard InChI is InChI=1S/C15H16F4N4O2S/c1-2-23(8-11(24)15(17,18)19)14(25)20-13-22-21-12(26-13)7-9-4-3-5-10(16)6-9/h3-6,11,24H,2,7-8H2,1H3,(H,20,22,25)/t11-/m1/s1. The van der Waals surface area contributed by atoms with E-state index in [4.69, 9.17) is 5.11 Å². The Kier molecular flexibility index (Phi) is 6.48. The van der Waals surface area contributed by atoms with Crippen molar-refractivity contribution >= 4 is 22.5 Å². The zero-order valence-corrected chi connectivity index (χ0v) is 14.4. The van der Waals surface area contributed by atoms with Crippen LogP contribution in [0.2, 0.25) is 0 Å². The molecular formula is C15H16F4N4O2S. The predicted octanol–water partition coefficient (Wildman–Crippen LogP) is 3.05. The van der Waals surface area contributed by atoms with Crippen LogP contribution in [0.4, 0.5) is 27.5 Å². The number of rotatable bonds is 6. The number of anilines is 1. The Morgan fingerprint density at radius 2 is 2.12 bits per heavy atom. The number of carbonyl (C=O) groups is 1. The SMILES string of the molecule is CCN(C[C@@H](O)C(F)(F)F)C(=O)Nc1nnc(Cc2cccc(F)c2)s1. The average Bonchev–Trinajstić information content (AvgIpc) is 2.98. The van der Waals surface area contributed by atoms with Gasteiger partial charge in [-0.3, -0.25) is 5.32 Å². The molecule has 1 heterocycles. The molecule has 2 aromatic rings. The van der Waals surface area contributed by atoms with Gasteiger partial charge >= 0.3 is 12.2 Å². The monoisotopic (exact) mass is 392 g/mol. The molecule has 0 saturated heterocycles. The molecule has 0 fully saturated rings. The van der Waals surface area contributed by atoms with Crippen molar-refractivity contribution in [3.63, 3.8) is 0 Å². The Morgan fingerprint density at radius 3 is 2.73 bits per heavy atom. The minimum absolute atomic E-state index is 0.0338. The van der Waals surface area contributed by atoms with Gasteiger partial charge in [0.25, 0.3) is 0 Å². The minimum Gasteiger partial charge on any atom is -0.382 e. The summed E-state index contributed by atoms with van der Waals surface area (Å²) < 4.78 is 50.4. The highest BCUT2D eigenvalue weighted by molar-refractivity contribution is 7.15. The zero-order valence-electron chi connectivity index (χ0n) is 13.6. The van der Waals surface area contributed by atoms with Crippen LogP contribution in [0, 0.1) is 5.82 Å². The summed E-state index contributed by atoms with van der Waals surface area (Å²) in [7, 11) is 0. The van der Waals surface area contributed by atoms with Crippen molar-refractivity contribution in [2.24, 2.45) is 0 Å². The predicted molar refractivity (Wildman–Crippen MR) is 87.4 cm³/mol. The molecule has 0 spiro atoms. The summed E-state index contributed by atoms with van der Waals surface area (Å²) in [5, 5.41) is 19.7. The van der Waals surface area contributed by atoms with Crippen molar-refractivity contribution in [3.8, 4) is 0 Å². The van der Waals surface area contributed by atoms with Crippen molar-refractivity contribution in [1.82, 2.24) is 15.1 Å².